The molecule has 2 aromatic heterocycles. The van der Waals surface area contributed by atoms with E-state index < -0.39 is 17.4 Å². The van der Waals surface area contributed by atoms with Gasteiger partial charge in [-0.1, -0.05) is 30.3 Å². The van der Waals surface area contributed by atoms with E-state index in [1.54, 1.807) is 0 Å². The molecule has 5 nitrogen and oxygen atoms in total. The molecule has 20 heavy (non-hydrogen) atoms. The number of benzene rings is 1. The molecule has 7 heteroatoms. The monoisotopic (exact) mass is 350 g/mol. The Morgan fingerprint density at radius 1 is 1.20 bits per heavy atom. The highest BCUT2D eigenvalue weighted by Gasteiger charge is 2.21. The average molecular weight is 351 g/mol. The number of fused-ring (bicyclic) bond motifs is 1. The highest BCUT2D eigenvalue weighted by atomic mass is 79.9. The number of aromatic nitrogens is 2. The minimum atomic E-state index is -1.29. The van der Waals surface area contributed by atoms with Crippen LogP contribution < -0.4 is 0 Å². The van der Waals surface area contributed by atoms with Crippen molar-refractivity contribution in [2.75, 3.05) is 0 Å². The molecule has 0 aliphatic carbocycles. The first kappa shape index (κ1) is 13.0. The van der Waals surface area contributed by atoms with Crippen LogP contribution in [-0.2, 0) is 0 Å². The first-order valence-electron chi connectivity index (χ1n) is 5.55. The predicted octanol–water partition coefficient (Wildman–Crippen LogP) is 3.52. The lowest BCUT2D eigenvalue weighted by Gasteiger charge is -2.00. The van der Waals surface area contributed by atoms with Crippen LogP contribution >= 0.6 is 27.3 Å². The number of aromatic hydroxyl groups is 1. The number of carboxylic acids is 1. The number of aromatic carboxylic acids is 1. The van der Waals surface area contributed by atoms with Crippen molar-refractivity contribution < 1.29 is 15.0 Å². The summed E-state index contributed by atoms with van der Waals surface area (Å²) in [7, 11) is 0. The van der Waals surface area contributed by atoms with Gasteiger partial charge in [0.15, 0.2) is 11.4 Å². The molecule has 0 unspecified atom stereocenters. The van der Waals surface area contributed by atoms with E-state index in [0.29, 0.717) is 14.3 Å². The number of carboxylic acid groups (broad SMARTS) is 1. The molecule has 0 fully saturated rings. The molecule has 0 aliphatic heterocycles. The molecular weight excluding hydrogens is 344 g/mol. The number of hydrogen-bond acceptors (Lipinski definition) is 5. The summed E-state index contributed by atoms with van der Waals surface area (Å²) in [4.78, 5) is 19.2. The molecule has 0 bridgehead atoms. The largest absolute Gasteiger partial charge is 0.504 e. The van der Waals surface area contributed by atoms with Gasteiger partial charge in [-0.05, 0) is 15.9 Å². The van der Waals surface area contributed by atoms with Crippen molar-refractivity contribution in [2.24, 2.45) is 0 Å². The molecule has 3 rings (SSSR count). The SMILES string of the molecule is O=C(O)c1nc(Br)c2sc(-c3ccccc3)nc2c1O. The van der Waals surface area contributed by atoms with Crippen LogP contribution in [0.2, 0.25) is 0 Å². The Bertz CT molecular complexity index is 817. The van der Waals surface area contributed by atoms with E-state index in [2.05, 4.69) is 25.9 Å². The van der Waals surface area contributed by atoms with Crippen molar-refractivity contribution >= 4 is 43.5 Å². The van der Waals surface area contributed by atoms with Gasteiger partial charge in [-0.2, -0.15) is 0 Å². The summed E-state index contributed by atoms with van der Waals surface area (Å²) < 4.78 is 0.980. The maximum Gasteiger partial charge on any atom is 0.358 e. The van der Waals surface area contributed by atoms with Crippen molar-refractivity contribution in [3.8, 4) is 16.3 Å². The molecule has 0 saturated heterocycles. The zero-order valence-corrected chi connectivity index (χ0v) is 12.3. The van der Waals surface area contributed by atoms with Crippen LogP contribution in [0.15, 0.2) is 34.9 Å². The van der Waals surface area contributed by atoms with Gasteiger partial charge in [-0.3, -0.25) is 0 Å². The first-order valence-corrected chi connectivity index (χ1v) is 7.16. The van der Waals surface area contributed by atoms with Crippen LogP contribution in [-0.4, -0.2) is 26.2 Å². The normalized spacial score (nSPS) is 10.8. The Kier molecular flexibility index (Phi) is 3.15. The molecule has 0 saturated carbocycles. The second-order valence-electron chi connectivity index (χ2n) is 3.97. The highest BCUT2D eigenvalue weighted by molar-refractivity contribution is 9.10. The molecule has 0 aliphatic rings. The van der Waals surface area contributed by atoms with Crippen LogP contribution in [0.5, 0.6) is 5.75 Å². The van der Waals surface area contributed by atoms with Gasteiger partial charge in [0.25, 0.3) is 0 Å². The molecule has 0 spiro atoms. The van der Waals surface area contributed by atoms with E-state index in [1.807, 2.05) is 30.3 Å². The number of pyridine rings is 1. The van der Waals surface area contributed by atoms with E-state index in [1.165, 1.54) is 11.3 Å². The molecule has 2 heterocycles. The number of thiazole rings is 1. The van der Waals surface area contributed by atoms with E-state index in [0.717, 1.165) is 5.56 Å². The maximum atomic E-state index is 11.0. The molecule has 3 aromatic rings. The number of rotatable bonds is 2. The van der Waals surface area contributed by atoms with Crippen LogP contribution in [0.25, 0.3) is 20.8 Å². The lowest BCUT2D eigenvalue weighted by molar-refractivity contribution is 0.0687. The molecule has 0 amide bonds. The van der Waals surface area contributed by atoms with E-state index in [4.69, 9.17) is 5.11 Å². The van der Waals surface area contributed by atoms with Crippen molar-refractivity contribution in [1.82, 2.24) is 9.97 Å². The van der Waals surface area contributed by atoms with Crippen molar-refractivity contribution in [2.45, 2.75) is 0 Å². The summed E-state index contributed by atoms with van der Waals surface area (Å²) in [5.74, 6) is -1.70. The second kappa shape index (κ2) is 4.84. The Morgan fingerprint density at radius 3 is 2.55 bits per heavy atom. The minimum absolute atomic E-state index is 0.244. The maximum absolute atomic E-state index is 11.0. The summed E-state index contributed by atoms with van der Waals surface area (Å²) in [6, 6.07) is 9.46. The number of hydrogen-bond donors (Lipinski definition) is 2. The van der Waals surface area contributed by atoms with Crippen molar-refractivity contribution in [1.29, 1.82) is 0 Å². The zero-order chi connectivity index (χ0) is 14.3. The van der Waals surface area contributed by atoms with Gasteiger partial charge in [-0.15, -0.1) is 11.3 Å². The summed E-state index contributed by atoms with van der Waals surface area (Å²) in [6.07, 6.45) is 0. The summed E-state index contributed by atoms with van der Waals surface area (Å²) in [5.41, 5.74) is 0.735. The lowest BCUT2D eigenvalue weighted by atomic mass is 10.2. The van der Waals surface area contributed by atoms with Gasteiger partial charge in [-0.25, -0.2) is 14.8 Å². The van der Waals surface area contributed by atoms with E-state index >= 15 is 0 Å². The Balaban J connectivity index is 2.29. The van der Waals surface area contributed by atoms with Crippen molar-refractivity contribution in [3.63, 3.8) is 0 Å². The lowest BCUT2D eigenvalue weighted by Crippen LogP contribution is -2.01. The van der Waals surface area contributed by atoms with Gasteiger partial charge in [0.05, 0.1) is 4.70 Å². The molecule has 0 atom stereocenters. The minimum Gasteiger partial charge on any atom is -0.504 e. The number of carbonyl (C=O) groups is 1. The van der Waals surface area contributed by atoms with Gasteiger partial charge >= 0.3 is 5.97 Å². The van der Waals surface area contributed by atoms with Crippen molar-refractivity contribution in [3.05, 3.63) is 40.6 Å². The third-order valence-electron chi connectivity index (χ3n) is 2.70. The van der Waals surface area contributed by atoms with E-state index in [9.17, 15) is 9.90 Å². The Morgan fingerprint density at radius 2 is 1.90 bits per heavy atom. The van der Waals surface area contributed by atoms with Crippen LogP contribution in [0.4, 0.5) is 0 Å². The number of nitrogens with zero attached hydrogens (tertiary/aromatic N) is 2. The highest BCUT2D eigenvalue weighted by Crippen LogP contribution is 2.39. The fourth-order valence-electron chi connectivity index (χ4n) is 1.79. The summed E-state index contributed by atoms with van der Waals surface area (Å²) in [6.45, 7) is 0. The van der Waals surface area contributed by atoms with Crippen LogP contribution in [0.3, 0.4) is 0 Å². The third-order valence-corrected chi connectivity index (χ3v) is 4.64. The molecular formula is C13H7BrN2O3S. The fraction of sp³-hybridized carbons (Fsp3) is 0. The van der Waals surface area contributed by atoms with Gasteiger partial charge in [0, 0.05) is 5.56 Å². The molecule has 100 valence electrons. The van der Waals surface area contributed by atoms with Crippen LogP contribution in [0.1, 0.15) is 10.5 Å². The van der Waals surface area contributed by atoms with E-state index in [-0.39, 0.29) is 5.52 Å². The van der Waals surface area contributed by atoms with Gasteiger partial charge in [0.1, 0.15) is 15.1 Å². The van der Waals surface area contributed by atoms with Gasteiger partial charge < -0.3 is 10.2 Å². The molecule has 1 aromatic carbocycles. The smallest absolute Gasteiger partial charge is 0.358 e. The molecule has 0 radical (unpaired) electrons. The number of halogens is 1. The van der Waals surface area contributed by atoms with Crippen LogP contribution in [0, 0.1) is 0 Å². The summed E-state index contributed by atoms with van der Waals surface area (Å²) in [5, 5.41) is 19.7. The predicted molar refractivity (Wildman–Crippen MR) is 79.2 cm³/mol. The first-order chi connectivity index (χ1) is 9.58. The Hall–Kier alpha value is -1.99. The summed E-state index contributed by atoms with van der Waals surface area (Å²) >= 11 is 4.56. The molecule has 2 N–H and O–H groups in total. The average Bonchev–Trinajstić information content (AvgIpc) is 2.89. The van der Waals surface area contributed by atoms with Gasteiger partial charge in [0.2, 0.25) is 0 Å². The fourth-order valence-corrected chi connectivity index (χ4v) is 3.35. The standard InChI is InChI=1S/C13H7BrN2O3S/c14-11-10-7(9(17)8(15-11)13(18)19)16-12(20-10)6-4-2-1-3-5-6/h1-5,17H,(H,18,19). The topological polar surface area (TPSA) is 83.3 Å². The second-order valence-corrected chi connectivity index (χ2v) is 5.72. The Labute approximate surface area is 125 Å². The zero-order valence-electron chi connectivity index (χ0n) is 9.87. The third kappa shape index (κ3) is 2.04. The quantitative estimate of drug-likeness (QED) is 0.690.